The van der Waals surface area contributed by atoms with E-state index in [2.05, 4.69) is 27.5 Å². The summed E-state index contributed by atoms with van der Waals surface area (Å²) < 4.78 is 1.90. The number of amides is 2. The highest BCUT2D eigenvalue weighted by Gasteiger charge is 2.32. The molecule has 2 aromatic heterocycles. The van der Waals surface area contributed by atoms with Gasteiger partial charge in [0.2, 0.25) is 0 Å². The molecule has 7 nitrogen and oxygen atoms in total. The Morgan fingerprint density at radius 3 is 3.00 bits per heavy atom. The van der Waals surface area contributed by atoms with E-state index in [0.717, 1.165) is 37.3 Å². The van der Waals surface area contributed by atoms with Crippen LogP contribution in [0, 0.1) is 19.8 Å². The Morgan fingerprint density at radius 2 is 2.33 bits per heavy atom. The van der Waals surface area contributed by atoms with Crippen LogP contribution in [0.1, 0.15) is 42.8 Å². The normalized spacial score (nSPS) is 18.8. The molecule has 0 bridgehead atoms. The van der Waals surface area contributed by atoms with E-state index in [1.165, 1.54) is 5.56 Å². The second kappa shape index (κ2) is 7.07. The number of aromatic amines is 1. The molecule has 0 unspecified atom stereocenters. The van der Waals surface area contributed by atoms with Gasteiger partial charge >= 0.3 is 6.03 Å². The Morgan fingerprint density at radius 1 is 1.50 bits per heavy atom. The van der Waals surface area contributed by atoms with Gasteiger partial charge in [0.05, 0.1) is 11.7 Å². The summed E-state index contributed by atoms with van der Waals surface area (Å²) in [5.41, 5.74) is 3.22. The zero-order chi connectivity index (χ0) is 17.1. The summed E-state index contributed by atoms with van der Waals surface area (Å²) in [7, 11) is 0. The number of hydrogen-bond donors (Lipinski definition) is 2. The third kappa shape index (κ3) is 3.44. The molecule has 2 atom stereocenters. The van der Waals surface area contributed by atoms with Gasteiger partial charge in [-0.25, -0.2) is 4.79 Å². The van der Waals surface area contributed by atoms with Crippen LogP contribution in [0.4, 0.5) is 4.79 Å². The van der Waals surface area contributed by atoms with E-state index in [4.69, 9.17) is 0 Å². The Kier molecular flexibility index (Phi) is 4.87. The second-order valence-corrected chi connectivity index (χ2v) is 6.72. The largest absolute Gasteiger partial charge is 0.338 e. The molecule has 0 spiro atoms. The molecule has 130 valence electrons. The number of H-pyrrole nitrogens is 1. The Balaban J connectivity index is 1.58. The number of carbonyl (C=O) groups is 1. The molecule has 3 rings (SSSR count). The second-order valence-electron chi connectivity index (χ2n) is 6.72. The zero-order valence-electron chi connectivity index (χ0n) is 14.6. The van der Waals surface area contributed by atoms with E-state index in [1.54, 1.807) is 6.20 Å². The van der Waals surface area contributed by atoms with E-state index in [9.17, 15) is 4.79 Å². The zero-order valence-corrected chi connectivity index (χ0v) is 14.6. The van der Waals surface area contributed by atoms with Crippen LogP contribution in [0.3, 0.4) is 0 Å². The molecule has 2 aromatic rings. The molecule has 7 heteroatoms. The Hall–Kier alpha value is -2.31. The maximum Gasteiger partial charge on any atom is 0.317 e. The van der Waals surface area contributed by atoms with E-state index < -0.39 is 0 Å². The van der Waals surface area contributed by atoms with Crippen molar-refractivity contribution < 1.29 is 4.79 Å². The summed E-state index contributed by atoms with van der Waals surface area (Å²) in [4.78, 5) is 14.6. The van der Waals surface area contributed by atoms with Crippen LogP contribution in [0.5, 0.6) is 0 Å². The van der Waals surface area contributed by atoms with E-state index in [1.807, 2.05) is 35.7 Å². The first-order chi connectivity index (χ1) is 11.6. The molecule has 3 heterocycles. The van der Waals surface area contributed by atoms with E-state index in [-0.39, 0.29) is 12.1 Å². The number of nitrogens with zero attached hydrogens (tertiary/aromatic N) is 4. The van der Waals surface area contributed by atoms with Crippen molar-refractivity contribution in [3.63, 3.8) is 0 Å². The van der Waals surface area contributed by atoms with E-state index in [0.29, 0.717) is 12.5 Å². The molecule has 1 fully saturated rings. The SMILES string of the molecule is Cc1n[nH]c(C)c1[C@@H]1CCCN1C(=O)NC[C@H](C)Cn1cccn1. The average molecular weight is 330 g/mol. The first kappa shape index (κ1) is 16.5. The minimum absolute atomic E-state index is 0.0183. The van der Waals surface area contributed by atoms with Crippen molar-refractivity contribution in [1.29, 1.82) is 0 Å². The number of rotatable bonds is 5. The first-order valence-electron chi connectivity index (χ1n) is 8.59. The van der Waals surface area contributed by atoms with Crippen molar-refractivity contribution in [2.24, 2.45) is 5.92 Å². The molecular formula is C17H26N6O. The molecule has 1 aliphatic heterocycles. The molecule has 24 heavy (non-hydrogen) atoms. The summed E-state index contributed by atoms with van der Waals surface area (Å²) >= 11 is 0. The Bertz CT molecular complexity index is 658. The summed E-state index contributed by atoms with van der Waals surface area (Å²) in [6.45, 7) is 8.39. The van der Waals surface area contributed by atoms with Crippen LogP contribution in [0.2, 0.25) is 0 Å². The predicted molar refractivity (Wildman–Crippen MR) is 91.5 cm³/mol. The van der Waals surface area contributed by atoms with Gasteiger partial charge in [0.15, 0.2) is 0 Å². The molecule has 2 amide bonds. The maximum absolute atomic E-state index is 12.6. The van der Waals surface area contributed by atoms with Crippen molar-refractivity contribution in [2.75, 3.05) is 13.1 Å². The van der Waals surface area contributed by atoms with Crippen molar-refractivity contribution in [2.45, 2.75) is 46.2 Å². The highest BCUT2D eigenvalue weighted by atomic mass is 16.2. The molecule has 0 aromatic carbocycles. The van der Waals surface area contributed by atoms with Crippen molar-refractivity contribution in [3.05, 3.63) is 35.4 Å². The number of hydrogen-bond acceptors (Lipinski definition) is 3. The van der Waals surface area contributed by atoms with Crippen LogP contribution < -0.4 is 5.32 Å². The molecule has 2 N–H and O–H groups in total. The summed E-state index contributed by atoms with van der Waals surface area (Å²) in [5.74, 6) is 0.326. The van der Waals surface area contributed by atoms with Gasteiger partial charge < -0.3 is 10.2 Å². The number of aryl methyl sites for hydroxylation is 2. The standard InChI is InChI=1S/C17H26N6O/c1-12(11-22-8-5-7-19-22)10-18-17(24)23-9-4-6-15(23)16-13(2)20-21-14(16)3/h5,7-8,12,15H,4,6,9-11H2,1-3H3,(H,18,24)(H,20,21)/t12-,15-/m0/s1. The van der Waals surface area contributed by atoms with Gasteiger partial charge in [-0.2, -0.15) is 10.2 Å². The van der Waals surface area contributed by atoms with Crippen LogP contribution in [-0.2, 0) is 6.54 Å². The third-order valence-corrected chi connectivity index (χ3v) is 4.69. The molecular weight excluding hydrogens is 304 g/mol. The lowest BCUT2D eigenvalue weighted by molar-refractivity contribution is 0.190. The quantitative estimate of drug-likeness (QED) is 0.883. The number of carbonyl (C=O) groups excluding carboxylic acids is 1. The fourth-order valence-corrected chi connectivity index (χ4v) is 3.52. The molecule has 1 saturated heterocycles. The van der Waals surface area contributed by atoms with Gasteiger partial charge in [-0.15, -0.1) is 0 Å². The molecule has 0 aliphatic carbocycles. The Labute approximate surface area is 142 Å². The lowest BCUT2D eigenvalue weighted by Crippen LogP contribution is -2.41. The van der Waals surface area contributed by atoms with Gasteiger partial charge in [0.1, 0.15) is 0 Å². The fourth-order valence-electron chi connectivity index (χ4n) is 3.52. The van der Waals surface area contributed by atoms with Crippen LogP contribution in [0.25, 0.3) is 0 Å². The third-order valence-electron chi connectivity index (χ3n) is 4.69. The number of nitrogens with one attached hydrogen (secondary N) is 2. The monoisotopic (exact) mass is 330 g/mol. The lowest BCUT2D eigenvalue weighted by Gasteiger charge is -2.26. The maximum atomic E-state index is 12.6. The average Bonchev–Trinajstić information content (AvgIpc) is 3.27. The molecule has 1 aliphatic rings. The van der Waals surface area contributed by atoms with Crippen LogP contribution in [-0.4, -0.2) is 44.0 Å². The number of urea groups is 1. The summed E-state index contributed by atoms with van der Waals surface area (Å²) in [6.07, 6.45) is 5.75. The predicted octanol–water partition coefficient (Wildman–Crippen LogP) is 2.41. The minimum Gasteiger partial charge on any atom is -0.338 e. The van der Waals surface area contributed by atoms with Crippen molar-refractivity contribution >= 4 is 6.03 Å². The molecule has 0 radical (unpaired) electrons. The summed E-state index contributed by atoms with van der Waals surface area (Å²) in [5, 5.41) is 14.6. The van der Waals surface area contributed by atoms with Gasteiger partial charge in [-0.05, 0) is 38.7 Å². The van der Waals surface area contributed by atoms with Gasteiger partial charge in [-0.3, -0.25) is 9.78 Å². The smallest absolute Gasteiger partial charge is 0.317 e. The first-order valence-corrected chi connectivity index (χ1v) is 8.59. The van der Waals surface area contributed by atoms with Crippen LogP contribution in [0.15, 0.2) is 18.5 Å². The van der Waals surface area contributed by atoms with Crippen LogP contribution >= 0.6 is 0 Å². The highest BCUT2D eigenvalue weighted by molar-refractivity contribution is 5.75. The van der Waals surface area contributed by atoms with Crippen molar-refractivity contribution in [1.82, 2.24) is 30.2 Å². The molecule has 0 saturated carbocycles. The topological polar surface area (TPSA) is 78.8 Å². The minimum atomic E-state index is 0.0183. The fraction of sp³-hybridized carbons (Fsp3) is 0.588. The highest BCUT2D eigenvalue weighted by Crippen LogP contribution is 2.34. The van der Waals surface area contributed by atoms with Gasteiger partial charge in [0.25, 0.3) is 0 Å². The number of likely N-dealkylation sites (tertiary alicyclic amines) is 1. The summed E-state index contributed by atoms with van der Waals surface area (Å²) in [6, 6.07) is 2.06. The number of aromatic nitrogens is 4. The lowest BCUT2D eigenvalue weighted by atomic mass is 10.0. The van der Waals surface area contributed by atoms with Crippen molar-refractivity contribution in [3.8, 4) is 0 Å². The van der Waals surface area contributed by atoms with Gasteiger partial charge in [0, 0.05) is 43.3 Å². The van der Waals surface area contributed by atoms with E-state index >= 15 is 0 Å². The van der Waals surface area contributed by atoms with Gasteiger partial charge in [-0.1, -0.05) is 6.92 Å².